The normalized spacial score (nSPS) is 14.3. The number of nitrogens with zero attached hydrogens (tertiary/aromatic N) is 1. The molecule has 1 fully saturated rings. The maximum absolute atomic E-state index is 6.18. The largest absolute Gasteiger partial charge is 0.493 e. The van der Waals surface area contributed by atoms with Gasteiger partial charge in [-0.2, -0.15) is 0 Å². The van der Waals surface area contributed by atoms with Gasteiger partial charge < -0.3 is 19.2 Å². The molecular formula is C22H24N2O3. The van der Waals surface area contributed by atoms with Gasteiger partial charge in [0.2, 0.25) is 0 Å². The topological polar surface area (TPSA) is 56.5 Å². The Bertz CT molecular complexity index is 871. The molecule has 27 heavy (non-hydrogen) atoms. The summed E-state index contributed by atoms with van der Waals surface area (Å²) >= 11 is 0. The molecule has 0 amide bonds. The number of hydrogen-bond donors (Lipinski definition) is 1. The minimum atomic E-state index is 0.304. The molecule has 1 aliphatic rings. The maximum atomic E-state index is 6.18. The number of hydrogen-bond acceptors (Lipinski definition) is 5. The van der Waals surface area contributed by atoms with Crippen LogP contribution in [0.1, 0.15) is 31.2 Å². The van der Waals surface area contributed by atoms with Crippen molar-refractivity contribution in [3.8, 4) is 22.6 Å². The van der Waals surface area contributed by atoms with Gasteiger partial charge in [0, 0.05) is 30.1 Å². The summed E-state index contributed by atoms with van der Waals surface area (Å²) in [6, 6.07) is 10.1. The average molecular weight is 364 g/mol. The highest BCUT2D eigenvalue weighted by Crippen LogP contribution is 2.32. The molecule has 1 aliphatic carbocycles. The number of nitrogens with one attached hydrogen (secondary N) is 1. The molecule has 1 aromatic carbocycles. The fourth-order valence-corrected chi connectivity index (χ4v) is 3.44. The van der Waals surface area contributed by atoms with Crippen molar-refractivity contribution >= 4 is 5.69 Å². The van der Waals surface area contributed by atoms with Gasteiger partial charge in [0.05, 0.1) is 31.4 Å². The number of furan rings is 1. The van der Waals surface area contributed by atoms with E-state index in [0.29, 0.717) is 12.6 Å². The van der Waals surface area contributed by atoms with Crippen LogP contribution in [-0.4, -0.2) is 18.2 Å². The zero-order valence-electron chi connectivity index (χ0n) is 15.5. The van der Waals surface area contributed by atoms with Crippen LogP contribution < -0.4 is 14.8 Å². The van der Waals surface area contributed by atoms with Crippen molar-refractivity contribution in [2.75, 3.05) is 12.4 Å². The van der Waals surface area contributed by atoms with Crippen molar-refractivity contribution in [3.05, 3.63) is 60.8 Å². The number of aromatic nitrogens is 1. The Morgan fingerprint density at radius 1 is 1.07 bits per heavy atom. The lowest BCUT2D eigenvalue weighted by molar-refractivity contribution is 0.200. The summed E-state index contributed by atoms with van der Waals surface area (Å²) in [7, 11) is 1.68. The molecule has 4 rings (SSSR count). The third-order valence-electron chi connectivity index (χ3n) is 4.91. The number of methoxy groups -OCH3 is 1. The van der Waals surface area contributed by atoms with E-state index in [1.807, 2.05) is 24.5 Å². The van der Waals surface area contributed by atoms with Crippen LogP contribution in [0.15, 0.2) is 59.7 Å². The first kappa shape index (κ1) is 17.5. The van der Waals surface area contributed by atoms with Crippen LogP contribution in [0.3, 0.4) is 0 Å². The molecule has 5 heteroatoms. The summed E-state index contributed by atoms with van der Waals surface area (Å²) in [5, 5.41) is 3.43. The number of anilines is 1. The van der Waals surface area contributed by atoms with Gasteiger partial charge in [-0.25, -0.2) is 0 Å². The highest BCUT2D eigenvalue weighted by Gasteiger charge is 2.18. The first-order valence-corrected chi connectivity index (χ1v) is 9.37. The van der Waals surface area contributed by atoms with Gasteiger partial charge in [-0.15, -0.1) is 0 Å². The molecule has 0 aliphatic heterocycles. The van der Waals surface area contributed by atoms with Crippen molar-refractivity contribution in [1.82, 2.24) is 4.98 Å². The number of benzene rings is 1. The standard InChI is InChI=1S/C22H24N2O3/c1-25-21-7-6-16(10-22(21)27-20-4-2-3-5-20)12-24-19-11-18(13-23-14-19)17-8-9-26-15-17/h6-11,13-15,20,24H,2-5,12H2,1H3. The number of pyridine rings is 1. The number of rotatable bonds is 7. The Hall–Kier alpha value is -2.95. The van der Waals surface area contributed by atoms with E-state index in [2.05, 4.69) is 28.5 Å². The van der Waals surface area contributed by atoms with Gasteiger partial charge in [0.1, 0.15) is 0 Å². The molecule has 1 saturated carbocycles. The lowest BCUT2D eigenvalue weighted by Gasteiger charge is -2.17. The fraction of sp³-hybridized carbons (Fsp3) is 0.318. The van der Waals surface area contributed by atoms with Crippen LogP contribution in [0.25, 0.3) is 11.1 Å². The van der Waals surface area contributed by atoms with Crippen LogP contribution in [0.5, 0.6) is 11.5 Å². The molecule has 5 nitrogen and oxygen atoms in total. The SMILES string of the molecule is COc1ccc(CNc2cncc(-c3ccoc3)c2)cc1OC1CCCC1. The van der Waals surface area contributed by atoms with E-state index >= 15 is 0 Å². The summed E-state index contributed by atoms with van der Waals surface area (Å²) in [5.74, 6) is 1.61. The Labute approximate surface area is 159 Å². The third kappa shape index (κ3) is 4.25. The second-order valence-corrected chi connectivity index (χ2v) is 6.84. The van der Waals surface area contributed by atoms with Crippen LogP contribution in [-0.2, 0) is 6.54 Å². The molecule has 0 atom stereocenters. The first-order valence-electron chi connectivity index (χ1n) is 9.37. The van der Waals surface area contributed by atoms with Gasteiger partial charge in [0.15, 0.2) is 11.5 Å². The lowest BCUT2D eigenvalue weighted by atomic mass is 10.1. The molecular weight excluding hydrogens is 340 g/mol. The smallest absolute Gasteiger partial charge is 0.161 e. The summed E-state index contributed by atoms with van der Waals surface area (Å²) in [6.45, 7) is 0.682. The molecule has 140 valence electrons. The van der Waals surface area contributed by atoms with E-state index < -0.39 is 0 Å². The second-order valence-electron chi connectivity index (χ2n) is 6.84. The predicted octanol–water partition coefficient (Wildman–Crippen LogP) is 5.28. The van der Waals surface area contributed by atoms with Crippen molar-refractivity contribution in [1.29, 1.82) is 0 Å². The third-order valence-corrected chi connectivity index (χ3v) is 4.91. The van der Waals surface area contributed by atoms with Crippen molar-refractivity contribution in [3.63, 3.8) is 0 Å². The maximum Gasteiger partial charge on any atom is 0.161 e. The summed E-state index contributed by atoms with van der Waals surface area (Å²) in [4.78, 5) is 4.32. The zero-order valence-corrected chi connectivity index (χ0v) is 15.5. The summed E-state index contributed by atoms with van der Waals surface area (Å²) in [5.41, 5.74) is 4.14. The predicted molar refractivity (Wildman–Crippen MR) is 105 cm³/mol. The van der Waals surface area contributed by atoms with E-state index in [-0.39, 0.29) is 0 Å². The molecule has 0 spiro atoms. The van der Waals surface area contributed by atoms with Gasteiger partial charge in [0.25, 0.3) is 0 Å². The van der Waals surface area contributed by atoms with Gasteiger partial charge in [-0.1, -0.05) is 6.07 Å². The fourth-order valence-electron chi connectivity index (χ4n) is 3.44. The highest BCUT2D eigenvalue weighted by molar-refractivity contribution is 5.65. The first-order chi connectivity index (χ1) is 13.3. The highest BCUT2D eigenvalue weighted by atomic mass is 16.5. The van der Waals surface area contributed by atoms with Crippen LogP contribution in [0.4, 0.5) is 5.69 Å². The Morgan fingerprint density at radius 2 is 1.96 bits per heavy atom. The van der Waals surface area contributed by atoms with Crippen molar-refractivity contribution in [2.24, 2.45) is 0 Å². The van der Waals surface area contributed by atoms with Crippen molar-refractivity contribution < 1.29 is 13.9 Å². The molecule has 0 unspecified atom stereocenters. The minimum absolute atomic E-state index is 0.304. The Kier molecular flexibility index (Phi) is 5.28. The molecule has 0 bridgehead atoms. The minimum Gasteiger partial charge on any atom is -0.493 e. The Morgan fingerprint density at radius 3 is 2.74 bits per heavy atom. The van der Waals surface area contributed by atoms with Gasteiger partial charge in [-0.05, 0) is 55.5 Å². The van der Waals surface area contributed by atoms with E-state index in [1.54, 1.807) is 19.6 Å². The van der Waals surface area contributed by atoms with Crippen LogP contribution in [0.2, 0.25) is 0 Å². The van der Waals surface area contributed by atoms with Gasteiger partial charge >= 0.3 is 0 Å². The van der Waals surface area contributed by atoms with E-state index in [1.165, 1.54) is 12.8 Å². The lowest BCUT2D eigenvalue weighted by Crippen LogP contribution is -2.12. The van der Waals surface area contributed by atoms with Crippen molar-refractivity contribution in [2.45, 2.75) is 38.3 Å². The van der Waals surface area contributed by atoms with Gasteiger partial charge in [-0.3, -0.25) is 4.98 Å². The van der Waals surface area contributed by atoms with E-state index in [9.17, 15) is 0 Å². The molecule has 1 N–H and O–H groups in total. The molecule has 3 aromatic rings. The Balaban J connectivity index is 1.45. The monoisotopic (exact) mass is 364 g/mol. The van der Waals surface area contributed by atoms with Crippen LogP contribution >= 0.6 is 0 Å². The molecule has 0 radical (unpaired) electrons. The second kappa shape index (κ2) is 8.16. The summed E-state index contributed by atoms with van der Waals surface area (Å²) in [6.07, 6.45) is 12.1. The number of ether oxygens (including phenoxy) is 2. The van der Waals surface area contributed by atoms with E-state index in [0.717, 1.165) is 46.7 Å². The molecule has 2 heterocycles. The van der Waals surface area contributed by atoms with Crippen LogP contribution in [0, 0.1) is 0 Å². The van der Waals surface area contributed by atoms with E-state index in [4.69, 9.17) is 13.9 Å². The quantitative estimate of drug-likeness (QED) is 0.618. The summed E-state index contributed by atoms with van der Waals surface area (Å²) < 4.78 is 16.8. The average Bonchev–Trinajstić information content (AvgIpc) is 3.41. The molecule has 0 saturated heterocycles. The zero-order chi connectivity index (χ0) is 18.5. The molecule has 2 aromatic heterocycles.